The van der Waals surface area contributed by atoms with Crippen molar-refractivity contribution in [2.75, 3.05) is 5.73 Å². The van der Waals surface area contributed by atoms with Crippen LogP contribution in [0.4, 0.5) is 5.82 Å². The summed E-state index contributed by atoms with van der Waals surface area (Å²) in [5.41, 5.74) is 10.8. The van der Waals surface area contributed by atoms with E-state index in [0.29, 0.717) is 5.82 Å². The third kappa shape index (κ3) is 3.46. The maximum Gasteiger partial charge on any atom is 0.123 e. The van der Waals surface area contributed by atoms with Gasteiger partial charge in [0.25, 0.3) is 0 Å². The number of hydrogen-bond donors (Lipinski definition) is 1. The van der Waals surface area contributed by atoms with Gasteiger partial charge in [-0.1, -0.05) is 37.0 Å². The van der Waals surface area contributed by atoms with Gasteiger partial charge >= 0.3 is 0 Å². The molecule has 0 saturated carbocycles. The molecule has 5 nitrogen and oxygen atoms in total. The molecule has 0 amide bonds. The van der Waals surface area contributed by atoms with Gasteiger partial charge in [0.2, 0.25) is 0 Å². The molecule has 4 aromatic rings. The number of aryl methyl sites for hydroxylation is 1. The number of pyridine rings is 2. The van der Waals surface area contributed by atoms with E-state index in [1.165, 1.54) is 0 Å². The highest BCUT2D eigenvalue weighted by Crippen LogP contribution is 2.25. The SMILES string of the molecule is CCc1ncnc(-c2cnc3ccccc3c2)c1C#Cc1ccc(N)nc1. The summed E-state index contributed by atoms with van der Waals surface area (Å²) in [6.45, 7) is 2.06. The molecule has 130 valence electrons. The van der Waals surface area contributed by atoms with Gasteiger partial charge in [-0.25, -0.2) is 15.0 Å². The lowest BCUT2D eigenvalue weighted by molar-refractivity contribution is 0.991. The van der Waals surface area contributed by atoms with Crippen LogP contribution in [0.2, 0.25) is 0 Å². The van der Waals surface area contributed by atoms with Crippen molar-refractivity contribution in [3.8, 4) is 23.1 Å². The predicted molar refractivity (Wildman–Crippen MR) is 107 cm³/mol. The minimum Gasteiger partial charge on any atom is -0.384 e. The molecule has 0 radical (unpaired) electrons. The zero-order chi connectivity index (χ0) is 18.6. The molecule has 0 saturated heterocycles. The van der Waals surface area contributed by atoms with Crippen LogP contribution in [0.5, 0.6) is 0 Å². The van der Waals surface area contributed by atoms with Crippen LogP contribution < -0.4 is 5.73 Å². The van der Waals surface area contributed by atoms with E-state index >= 15 is 0 Å². The number of para-hydroxylation sites is 1. The molecule has 0 aliphatic rings. The topological polar surface area (TPSA) is 77.6 Å². The van der Waals surface area contributed by atoms with Gasteiger partial charge in [0, 0.05) is 28.9 Å². The van der Waals surface area contributed by atoms with Crippen LogP contribution in [0, 0.1) is 11.8 Å². The molecule has 0 atom stereocenters. The average molecular weight is 351 g/mol. The van der Waals surface area contributed by atoms with Crippen molar-refractivity contribution < 1.29 is 0 Å². The van der Waals surface area contributed by atoms with E-state index in [1.807, 2.05) is 36.5 Å². The molecule has 5 heteroatoms. The normalized spacial score (nSPS) is 10.4. The van der Waals surface area contributed by atoms with Crippen LogP contribution in [-0.4, -0.2) is 19.9 Å². The molecule has 0 bridgehead atoms. The molecule has 2 N–H and O–H groups in total. The fraction of sp³-hybridized carbons (Fsp3) is 0.0909. The lowest BCUT2D eigenvalue weighted by Gasteiger charge is -2.08. The van der Waals surface area contributed by atoms with Crippen molar-refractivity contribution in [3.05, 3.63) is 78.0 Å². The Labute approximate surface area is 157 Å². The Balaban J connectivity index is 1.84. The fourth-order valence-electron chi connectivity index (χ4n) is 2.85. The minimum absolute atomic E-state index is 0.473. The molecule has 0 unspecified atom stereocenters. The number of hydrogen-bond acceptors (Lipinski definition) is 5. The molecule has 1 aromatic carbocycles. The maximum atomic E-state index is 5.64. The summed E-state index contributed by atoms with van der Waals surface area (Å²) in [5.74, 6) is 6.85. The average Bonchev–Trinajstić information content (AvgIpc) is 2.72. The first kappa shape index (κ1) is 16.7. The van der Waals surface area contributed by atoms with E-state index in [2.05, 4.69) is 44.8 Å². The number of anilines is 1. The fourth-order valence-corrected chi connectivity index (χ4v) is 2.85. The minimum atomic E-state index is 0.473. The third-order valence-corrected chi connectivity index (χ3v) is 4.24. The number of nitrogen functional groups attached to an aromatic ring is 1. The summed E-state index contributed by atoms with van der Waals surface area (Å²) in [7, 11) is 0. The first-order chi connectivity index (χ1) is 13.2. The van der Waals surface area contributed by atoms with Crippen LogP contribution in [0.15, 0.2) is 61.2 Å². The van der Waals surface area contributed by atoms with Crippen molar-refractivity contribution in [1.82, 2.24) is 19.9 Å². The van der Waals surface area contributed by atoms with Gasteiger partial charge in [0.1, 0.15) is 12.1 Å². The first-order valence-corrected chi connectivity index (χ1v) is 8.67. The molecular formula is C22H17N5. The van der Waals surface area contributed by atoms with Gasteiger partial charge in [0.05, 0.1) is 22.5 Å². The van der Waals surface area contributed by atoms with Crippen molar-refractivity contribution in [2.24, 2.45) is 0 Å². The lowest BCUT2D eigenvalue weighted by atomic mass is 10.0. The van der Waals surface area contributed by atoms with E-state index < -0.39 is 0 Å². The standard InChI is InChI=1S/C22H17N5/c1-2-19-18(9-7-15-8-10-21(23)25-12-15)22(27-14-26-19)17-11-16-5-3-4-6-20(16)24-13-17/h3-6,8,10-14H,2H2,1H3,(H2,23,25). The van der Waals surface area contributed by atoms with Crippen LogP contribution in [-0.2, 0) is 6.42 Å². The van der Waals surface area contributed by atoms with Crippen LogP contribution in [0.25, 0.3) is 22.2 Å². The van der Waals surface area contributed by atoms with Gasteiger partial charge in [0.15, 0.2) is 0 Å². The quantitative estimate of drug-likeness (QED) is 0.558. The first-order valence-electron chi connectivity index (χ1n) is 8.67. The van der Waals surface area contributed by atoms with E-state index in [4.69, 9.17) is 5.73 Å². The smallest absolute Gasteiger partial charge is 0.123 e. The number of nitrogens with zero attached hydrogens (tertiary/aromatic N) is 4. The number of rotatable bonds is 2. The summed E-state index contributed by atoms with van der Waals surface area (Å²) in [6, 6.07) is 13.7. The number of nitrogens with two attached hydrogens (primary N) is 1. The van der Waals surface area contributed by atoms with Crippen LogP contribution in [0.1, 0.15) is 23.7 Å². The summed E-state index contributed by atoms with van der Waals surface area (Å²) in [4.78, 5) is 17.5. The molecular weight excluding hydrogens is 334 g/mol. The summed E-state index contributed by atoms with van der Waals surface area (Å²) < 4.78 is 0. The molecule has 0 spiro atoms. The van der Waals surface area contributed by atoms with Gasteiger partial charge in [-0.3, -0.25) is 4.98 Å². The summed E-state index contributed by atoms with van der Waals surface area (Å²) >= 11 is 0. The molecule has 0 fully saturated rings. The highest BCUT2D eigenvalue weighted by atomic mass is 14.8. The zero-order valence-electron chi connectivity index (χ0n) is 14.8. The zero-order valence-corrected chi connectivity index (χ0v) is 14.8. The highest BCUT2D eigenvalue weighted by molar-refractivity contribution is 5.84. The molecule has 3 aromatic heterocycles. The number of fused-ring (bicyclic) bond motifs is 1. The molecule has 3 heterocycles. The van der Waals surface area contributed by atoms with E-state index in [0.717, 1.165) is 45.4 Å². The summed E-state index contributed by atoms with van der Waals surface area (Å²) in [6.07, 6.45) is 5.84. The molecule has 0 aliphatic heterocycles. The Hall–Kier alpha value is -3.78. The largest absolute Gasteiger partial charge is 0.384 e. The Morgan fingerprint density at radius 2 is 1.81 bits per heavy atom. The van der Waals surface area contributed by atoms with Crippen molar-refractivity contribution in [2.45, 2.75) is 13.3 Å². The van der Waals surface area contributed by atoms with Crippen molar-refractivity contribution >= 4 is 16.7 Å². The summed E-state index contributed by atoms with van der Waals surface area (Å²) in [5, 5.41) is 1.06. The Kier molecular flexibility index (Phi) is 4.46. The maximum absolute atomic E-state index is 5.64. The van der Waals surface area contributed by atoms with Gasteiger partial charge in [-0.2, -0.15) is 0 Å². The second-order valence-electron chi connectivity index (χ2n) is 6.04. The predicted octanol–water partition coefficient (Wildman–Crippen LogP) is 3.63. The van der Waals surface area contributed by atoms with Crippen LogP contribution >= 0.6 is 0 Å². The second-order valence-corrected chi connectivity index (χ2v) is 6.04. The molecule has 4 rings (SSSR count). The number of benzene rings is 1. The van der Waals surface area contributed by atoms with Gasteiger partial charge in [-0.15, -0.1) is 0 Å². The van der Waals surface area contributed by atoms with E-state index in [9.17, 15) is 0 Å². The number of aromatic nitrogens is 4. The third-order valence-electron chi connectivity index (χ3n) is 4.24. The lowest BCUT2D eigenvalue weighted by Crippen LogP contribution is -1.99. The van der Waals surface area contributed by atoms with E-state index in [1.54, 1.807) is 18.6 Å². The van der Waals surface area contributed by atoms with Crippen molar-refractivity contribution in [3.63, 3.8) is 0 Å². The van der Waals surface area contributed by atoms with E-state index in [-0.39, 0.29) is 0 Å². The Morgan fingerprint density at radius 1 is 0.926 bits per heavy atom. The Bertz CT molecular complexity index is 1170. The van der Waals surface area contributed by atoms with Gasteiger partial charge < -0.3 is 5.73 Å². The molecule has 27 heavy (non-hydrogen) atoms. The monoisotopic (exact) mass is 351 g/mol. The Morgan fingerprint density at radius 3 is 2.63 bits per heavy atom. The van der Waals surface area contributed by atoms with Crippen LogP contribution in [0.3, 0.4) is 0 Å². The molecule has 0 aliphatic carbocycles. The second kappa shape index (κ2) is 7.22. The van der Waals surface area contributed by atoms with Crippen molar-refractivity contribution in [1.29, 1.82) is 0 Å². The highest BCUT2D eigenvalue weighted by Gasteiger charge is 2.11. The van der Waals surface area contributed by atoms with Gasteiger partial charge in [-0.05, 0) is 30.7 Å².